The van der Waals surface area contributed by atoms with Crippen molar-refractivity contribution in [3.8, 4) is 0 Å². The largest absolute Gasteiger partial charge is 0.476 e. The maximum Gasteiger partial charge on any atom is 0.297 e. The van der Waals surface area contributed by atoms with Crippen molar-refractivity contribution < 1.29 is 76.0 Å². The van der Waals surface area contributed by atoms with E-state index in [-0.39, 0.29) is 16.2 Å². The molecule has 0 bridgehead atoms. The van der Waals surface area contributed by atoms with E-state index in [1.807, 2.05) is 0 Å². The van der Waals surface area contributed by atoms with Gasteiger partial charge in [0.05, 0.1) is 56.0 Å². The van der Waals surface area contributed by atoms with Crippen molar-refractivity contribution in [2.45, 2.75) is 128 Å². The Bertz CT molecular complexity index is 5990. The molecule has 0 N–H and O–H groups in total. The zero-order valence-corrected chi connectivity index (χ0v) is 38.1. The van der Waals surface area contributed by atoms with Crippen LogP contribution in [-0.2, 0) is 21.7 Å². The molecule has 72 heavy (non-hydrogen) atoms. The second kappa shape index (κ2) is 15.3. The van der Waals surface area contributed by atoms with E-state index in [0.717, 1.165) is 13.8 Å². The van der Waals surface area contributed by atoms with E-state index in [9.17, 15) is 42.5 Å². The molecule has 9 aromatic rings. The molecule has 4 aliphatic rings. The molecule has 1 fully saturated rings. The number of hydrogen-bond donors (Lipinski definition) is 0. The van der Waals surface area contributed by atoms with Gasteiger partial charge in [0.15, 0.2) is 0 Å². The first-order valence-corrected chi connectivity index (χ1v) is 22.4. The summed E-state index contributed by atoms with van der Waals surface area (Å²) in [6.07, 6.45) is -4.23. The normalized spacial score (nSPS) is 31.2. The zero-order chi connectivity index (χ0) is 91.6. The average Bonchev–Trinajstić information content (AvgIpc) is 1.64. The monoisotopic (exact) mass is 993 g/mol. The van der Waals surface area contributed by atoms with Gasteiger partial charge in [0, 0.05) is 94.3 Å². The Balaban J connectivity index is 1.42. The number of rotatable bonds is 5. The maximum atomic E-state index is 11.5. The Hall–Kier alpha value is -6.92. The number of furan rings is 2. The lowest BCUT2D eigenvalue weighted by atomic mass is 9.35. The molecule has 0 saturated heterocycles. The van der Waals surface area contributed by atoms with E-state index in [0.29, 0.717) is 11.8 Å². The summed E-state index contributed by atoms with van der Waals surface area (Å²) >= 11 is 0. The number of anilines is 8. The van der Waals surface area contributed by atoms with E-state index in [4.69, 9.17) is 33.5 Å². The van der Waals surface area contributed by atoms with Gasteiger partial charge in [0.1, 0.15) is 12.5 Å². The molecule has 0 amide bonds. The van der Waals surface area contributed by atoms with Crippen LogP contribution in [0.15, 0.2) is 160 Å². The Morgan fingerprint density at radius 3 is 2.11 bits per heavy atom. The highest BCUT2D eigenvalue weighted by molar-refractivity contribution is 6.99. The second-order valence-electron chi connectivity index (χ2n) is 18.9. The van der Waals surface area contributed by atoms with Gasteiger partial charge >= 0.3 is 0 Å². The van der Waals surface area contributed by atoms with Crippen molar-refractivity contribution in [3.63, 3.8) is 0 Å². The quantitative estimate of drug-likeness (QED) is 0.161. The summed E-state index contributed by atoms with van der Waals surface area (Å²) in [5, 5.41) is -1.87. The van der Waals surface area contributed by atoms with Crippen molar-refractivity contribution in [2.24, 2.45) is 0 Å². The lowest BCUT2D eigenvalue weighted by molar-refractivity contribution is 0.195. The Kier molecular flexibility index (Phi) is 3.57. The third-order valence-corrected chi connectivity index (χ3v) is 13.8. The molecule has 6 heteroatoms. The van der Waals surface area contributed by atoms with Crippen LogP contribution >= 0.6 is 0 Å². The van der Waals surface area contributed by atoms with E-state index < -0.39 is 377 Å². The summed E-state index contributed by atoms with van der Waals surface area (Å²) in [6, 6.07) is -34.2. The third kappa shape index (κ3) is 6.32. The third-order valence-electron chi connectivity index (χ3n) is 13.8. The Labute approximate surface area is 495 Å². The van der Waals surface area contributed by atoms with Gasteiger partial charge < -0.3 is 23.5 Å². The van der Waals surface area contributed by atoms with Crippen molar-refractivity contribution >= 4 is 90.7 Å². The molecule has 1 saturated carbocycles. The molecule has 360 valence electrons. The summed E-state index contributed by atoms with van der Waals surface area (Å²) in [4.78, 5) is 0.833. The molecule has 3 atom stereocenters. The van der Waals surface area contributed by atoms with Crippen molar-refractivity contribution in [3.05, 3.63) is 185 Å². The van der Waals surface area contributed by atoms with Crippen LogP contribution in [0, 0.1) is 6.85 Å². The molecular weight excluding hydrogens is 878 g/mol. The number of para-hydroxylation sites is 1. The first kappa shape index (κ1) is 16.8. The fraction of sp³-hybridized carbons (Fsp3) is 0.303. The Morgan fingerprint density at radius 2 is 1.33 bits per heavy atom. The van der Waals surface area contributed by atoms with Gasteiger partial charge in [0.25, 0.3) is 6.71 Å². The predicted molar refractivity (Wildman–Crippen MR) is 304 cm³/mol. The average molecular weight is 993 g/mol. The first-order valence-electron chi connectivity index (χ1n) is 46.9. The van der Waals surface area contributed by atoms with Crippen LogP contribution in [0.3, 0.4) is 0 Å². The van der Waals surface area contributed by atoms with Gasteiger partial charge in [-0.3, -0.25) is 0 Å². The van der Waals surface area contributed by atoms with Crippen LogP contribution in [0.1, 0.15) is 195 Å². The van der Waals surface area contributed by atoms with Crippen LogP contribution in [0.25, 0.3) is 21.9 Å². The number of hydrogen-bond acceptors (Lipinski definition) is 5. The molecule has 5 nitrogen and oxygen atoms in total. The summed E-state index contributed by atoms with van der Waals surface area (Å²) in [7, 11) is 0. The van der Waals surface area contributed by atoms with Crippen LogP contribution < -0.4 is 31.3 Å². The second-order valence-corrected chi connectivity index (χ2v) is 18.9. The lowest BCUT2D eigenvalue weighted by Gasteiger charge is -2.51. The van der Waals surface area contributed by atoms with Crippen molar-refractivity contribution in [2.75, 3.05) is 14.7 Å². The standard InChI is InChI=1S/C66H66BN3O2/c1-41-35-59-49(48-21-15-16-22-58(48)72-59)40-54(41)69-55-37-45(64(8,9)43-19-13-12-14-20-43)25-29-51(55)67-60-56(68(53-31-34-71-61(53)67)46-27-23-42(24-28-46)62(2,3)4)38-47(39-57(60)69)70-52-30-26-44(63(5,6)7)36-50(52)65(10)32-17-18-33-66(65,70)11/h12-16,19-31,34-40H,17-18,32-33H2,1-11H3/i1D3,2D3,3D3,4D3,5D3,8D3,10D3,11D3,12D,13D,14D,15D,16D,19D,20D,21D,22D,23D,24D,25D,26D,27D,28D,29D,30D,31D,34D,35D,36D,37D,38D,39D,40D. The van der Waals surface area contributed by atoms with Gasteiger partial charge in [-0.2, -0.15) is 0 Å². The highest BCUT2D eigenvalue weighted by Crippen LogP contribution is 2.62. The summed E-state index contributed by atoms with van der Waals surface area (Å²) in [5.74, 6) is 0. The molecular formula is C66H66BN3O2. The molecule has 2 aromatic heterocycles. The number of benzene rings is 7. The van der Waals surface area contributed by atoms with Gasteiger partial charge in [-0.25, -0.2) is 0 Å². The molecule has 0 spiro atoms. The fourth-order valence-electron chi connectivity index (χ4n) is 10.2. The van der Waals surface area contributed by atoms with Crippen LogP contribution in [0.2, 0.25) is 0 Å². The highest BCUT2D eigenvalue weighted by Gasteiger charge is 2.58. The predicted octanol–water partition coefficient (Wildman–Crippen LogP) is 16.2. The van der Waals surface area contributed by atoms with E-state index in [1.165, 1.54) is 0 Å². The van der Waals surface area contributed by atoms with Crippen LogP contribution in [0.4, 0.5) is 45.5 Å². The van der Waals surface area contributed by atoms with Crippen LogP contribution in [-0.4, -0.2) is 12.3 Å². The van der Waals surface area contributed by atoms with E-state index in [1.54, 1.807) is 0 Å². The molecule has 3 aliphatic heterocycles. The fourth-order valence-corrected chi connectivity index (χ4v) is 10.2. The maximum absolute atomic E-state index is 11.5. The molecule has 13 rings (SSSR count). The first-order chi connectivity index (χ1) is 54.8. The number of fused-ring (bicyclic) bond motifs is 10. The van der Waals surface area contributed by atoms with Gasteiger partial charge in [-0.1, -0.05) is 159 Å². The minimum atomic E-state index is -4.47. The van der Waals surface area contributed by atoms with Gasteiger partial charge in [-0.15, -0.1) is 0 Å². The van der Waals surface area contributed by atoms with E-state index >= 15 is 0 Å². The minimum absolute atomic E-state index is 0.240. The van der Waals surface area contributed by atoms with Gasteiger partial charge in [0.2, 0.25) is 0 Å². The molecule has 7 aromatic carbocycles. The van der Waals surface area contributed by atoms with Crippen molar-refractivity contribution in [1.29, 1.82) is 0 Å². The number of nitrogens with zero attached hydrogens (tertiary/aromatic N) is 3. The molecule has 1 aliphatic carbocycles. The topological polar surface area (TPSA) is 36.0 Å². The summed E-state index contributed by atoms with van der Waals surface area (Å²) in [5.41, 5.74) is -42.4. The molecule has 0 radical (unpaired) electrons. The lowest BCUT2D eigenvalue weighted by Crippen LogP contribution is -2.61. The highest BCUT2D eigenvalue weighted by atomic mass is 16.3. The van der Waals surface area contributed by atoms with Gasteiger partial charge in [-0.05, 0) is 142 Å². The molecule has 5 heterocycles. The molecule has 3 unspecified atom stereocenters. The summed E-state index contributed by atoms with van der Waals surface area (Å²) < 4.78 is 479. The summed E-state index contributed by atoms with van der Waals surface area (Å²) in [6.45, 7) is -32.8. The smallest absolute Gasteiger partial charge is 0.297 e. The van der Waals surface area contributed by atoms with Crippen molar-refractivity contribution in [1.82, 2.24) is 0 Å². The Morgan fingerprint density at radius 1 is 0.569 bits per heavy atom. The SMILES string of the molecule is [2H]c1oc2c(c1[2H])N(c1c([2H])c([2H])c(C(C([2H])([2H])[2H])(C([2H])([2H])[2H])C([2H])([2H])[2H])c([2H])c1[2H])c1c([2H])c(N3c4c([2H])c([2H])c(C(C)(C)C([2H])([2H])[2H])c([2H])c4C4(C([2H])([2H])[2H])CCCCC34C([2H])([2H])[2H])c([2H])c3c1B2c1c([2H])c([2H])c(C(C)(c2c([2H])c([2H])c([2H])c([2H])c2[2H])C([2H])([2H])[2H])c([2H])c1N3c1c(C([2H])([2H])[2H])c([2H])c2oc3c([2H])c([2H])c([2H])c([2H])c3c2c1[2H]. The van der Waals surface area contributed by atoms with E-state index in [2.05, 4.69) is 0 Å². The minimum Gasteiger partial charge on any atom is -0.476 e. The zero-order valence-electron chi connectivity index (χ0n) is 87.1. The van der Waals surface area contributed by atoms with Crippen LogP contribution in [0.5, 0.6) is 0 Å².